The molecule has 1 aliphatic rings. The molecule has 116 valence electrons. The number of ether oxygens (including phenoxy) is 1. The number of thioether (sulfide) groups is 1. The third kappa shape index (κ3) is 3.63. The van der Waals surface area contributed by atoms with E-state index in [9.17, 15) is 10.2 Å². The molecular weight excluding hydrogens is 308 g/mol. The zero-order valence-corrected chi connectivity index (χ0v) is 12.2. The minimum absolute atomic E-state index is 0.437. The molecule has 1 aromatic carbocycles. The summed E-state index contributed by atoms with van der Waals surface area (Å²) in [5.41, 5.74) is 16.7. The van der Waals surface area contributed by atoms with E-state index in [4.69, 9.17) is 15.8 Å². The molecule has 0 spiro atoms. The molecule has 9 nitrogen and oxygen atoms in total. The fraction of sp³-hybridized carbons (Fsp3) is 0.500. The van der Waals surface area contributed by atoms with E-state index in [2.05, 4.69) is 20.1 Å². The Morgan fingerprint density at radius 3 is 2.36 bits per heavy atom. The van der Waals surface area contributed by atoms with Crippen molar-refractivity contribution in [3.8, 4) is 0 Å². The third-order valence-corrected chi connectivity index (χ3v) is 4.38. The lowest BCUT2D eigenvalue weighted by Gasteiger charge is -2.40. The van der Waals surface area contributed by atoms with Crippen LogP contribution in [0.5, 0.6) is 0 Å². The Labute approximate surface area is 130 Å². The summed E-state index contributed by atoms with van der Waals surface area (Å²) in [5, 5.41) is 26.5. The fourth-order valence-electron chi connectivity index (χ4n) is 2.18. The Morgan fingerprint density at radius 1 is 1.14 bits per heavy atom. The Kier molecular flexibility index (Phi) is 5.91. The molecule has 1 heterocycles. The highest BCUT2D eigenvalue weighted by atomic mass is 32.2. The van der Waals surface area contributed by atoms with Crippen molar-refractivity contribution in [1.82, 2.24) is 0 Å². The minimum Gasteiger partial charge on any atom is -0.394 e. The second-order valence-corrected chi connectivity index (χ2v) is 5.71. The number of aliphatic hydroxyl groups excluding tert-OH is 2. The van der Waals surface area contributed by atoms with Gasteiger partial charge in [0.1, 0.15) is 11.5 Å². The molecule has 5 atom stereocenters. The van der Waals surface area contributed by atoms with E-state index < -0.39 is 36.3 Å². The molecule has 0 unspecified atom stereocenters. The molecule has 1 aliphatic heterocycles. The van der Waals surface area contributed by atoms with E-state index in [1.165, 1.54) is 11.8 Å². The molecule has 0 aliphatic carbocycles. The van der Waals surface area contributed by atoms with Crippen LogP contribution in [0.3, 0.4) is 0 Å². The van der Waals surface area contributed by atoms with Crippen LogP contribution >= 0.6 is 11.8 Å². The van der Waals surface area contributed by atoms with Gasteiger partial charge in [0.15, 0.2) is 0 Å². The SMILES string of the molecule is [N-]=[N+]=N[C@H]1[C@H](O)[C@@H](CO)O[C@H](Sc2ccccc2)[C@H]1N=[N+]=[N-]. The zero-order valence-electron chi connectivity index (χ0n) is 11.4. The molecule has 1 saturated heterocycles. The normalized spacial score (nSPS) is 30.9. The first kappa shape index (κ1) is 16.4. The van der Waals surface area contributed by atoms with Crippen LogP contribution in [0.25, 0.3) is 20.9 Å². The summed E-state index contributed by atoms with van der Waals surface area (Å²) in [7, 11) is 0. The van der Waals surface area contributed by atoms with Crippen LogP contribution in [0.2, 0.25) is 0 Å². The average molecular weight is 322 g/mol. The van der Waals surface area contributed by atoms with Crippen LogP contribution in [0.4, 0.5) is 0 Å². The Bertz CT molecular complexity index is 590. The summed E-state index contributed by atoms with van der Waals surface area (Å²) in [6.45, 7) is -0.437. The van der Waals surface area contributed by atoms with Gasteiger partial charge in [0.05, 0.1) is 24.8 Å². The first-order chi connectivity index (χ1) is 10.7. The fourth-order valence-corrected chi connectivity index (χ4v) is 3.31. The summed E-state index contributed by atoms with van der Waals surface area (Å²) in [6.07, 6.45) is -2.16. The topological polar surface area (TPSA) is 147 Å². The minimum atomic E-state index is -1.25. The number of hydrogen-bond acceptors (Lipinski definition) is 6. The average Bonchev–Trinajstić information content (AvgIpc) is 2.54. The summed E-state index contributed by atoms with van der Waals surface area (Å²) < 4.78 is 5.61. The molecule has 22 heavy (non-hydrogen) atoms. The highest BCUT2D eigenvalue weighted by Gasteiger charge is 2.44. The van der Waals surface area contributed by atoms with Crippen LogP contribution in [-0.4, -0.2) is 46.5 Å². The molecule has 2 N–H and O–H groups in total. The predicted molar refractivity (Wildman–Crippen MR) is 79.9 cm³/mol. The Hall–Kier alpha value is -1.93. The second kappa shape index (κ2) is 7.90. The maximum atomic E-state index is 10.1. The number of aliphatic hydroxyl groups is 2. The first-order valence-electron chi connectivity index (χ1n) is 6.45. The second-order valence-electron chi connectivity index (χ2n) is 4.54. The summed E-state index contributed by atoms with van der Waals surface area (Å²) in [6, 6.07) is 7.36. The van der Waals surface area contributed by atoms with E-state index in [0.29, 0.717) is 0 Å². The number of nitrogens with zero attached hydrogens (tertiary/aromatic N) is 6. The van der Waals surface area contributed by atoms with Crippen molar-refractivity contribution >= 4 is 11.8 Å². The van der Waals surface area contributed by atoms with E-state index in [1.807, 2.05) is 30.3 Å². The molecule has 0 aromatic heterocycles. The quantitative estimate of drug-likeness (QED) is 0.485. The summed E-state index contributed by atoms with van der Waals surface area (Å²) in [4.78, 5) is 6.29. The van der Waals surface area contributed by atoms with Crippen molar-refractivity contribution in [3.05, 3.63) is 51.2 Å². The van der Waals surface area contributed by atoms with E-state index in [-0.39, 0.29) is 0 Å². The van der Waals surface area contributed by atoms with Crippen molar-refractivity contribution in [2.75, 3.05) is 6.61 Å². The highest BCUT2D eigenvalue weighted by molar-refractivity contribution is 7.99. The summed E-state index contributed by atoms with van der Waals surface area (Å²) >= 11 is 1.27. The first-order valence-corrected chi connectivity index (χ1v) is 7.33. The van der Waals surface area contributed by atoms with Gasteiger partial charge in [-0.3, -0.25) is 0 Å². The highest BCUT2D eigenvalue weighted by Crippen LogP contribution is 2.36. The standard InChI is InChI=1S/C12H14N6O3S/c13-17-15-9-10(16-18-14)12(21-8(6-19)11(9)20)22-7-4-2-1-3-5-7/h1-5,8-12,19-20H,6H2/t8-,9-,10+,11-,12-/m1/s1. The van der Waals surface area contributed by atoms with Gasteiger partial charge >= 0.3 is 0 Å². The van der Waals surface area contributed by atoms with Gasteiger partial charge in [-0.25, -0.2) is 0 Å². The van der Waals surface area contributed by atoms with Crippen LogP contribution in [-0.2, 0) is 4.74 Å². The summed E-state index contributed by atoms with van der Waals surface area (Å²) in [5.74, 6) is 0. The monoisotopic (exact) mass is 322 g/mol. The smallest absolute Gasteiger partial charge is 0.117 e. The van der Waals surface area contributed by atoms with Crippen LogP contribution < -0.4 is 0 Å². The van der Waals surface area contributed by atoms with Gasteiger partial charge in [-0.15, -0.1) is 0 Å². The van der Waals surface area contributed by atoms with Gasteiger partial charge in [0.25, 0.3) is 0 Å². The number of hydrogen-bond donors (Lipinski definition) is 2. The van der Waals surface area contributed by atoms with E-state index >= 15 is 0 Å². The maximum absolute atomic E-state index is 10.1. The van der Waals surface area contributed by atoms with Crippen LogP contribution in [0, 0.1) is 0 Å². The van der Waals surface area contributed by atoms with Gasteiger partial charge in [-0.05, 0) is 23.2 Å². The molecule has 0 bridgehead atoms. The molecule has 10 heteroatoms. The Morgan fingerprint density at radius 2 is 1.77 bits per heavy atom. The molecule has 1 aromatic rings. The molecule has 1 fully saturated rings. The van der Waals surface area contributed by atoms with Crippen molar-refractivity contribution in [1.29, 1.82) is 0 Å². The van der Waals surface area contributed by atoms with E-state index in [0.717, 1.165) is 4.90 Å². The molecule has 2 rings (SSSR count). The number of rotatable bonds is 5. The van der Waals surface area contributed by atoms with Gasteiger partial charge in [-0.2, -0.15) is 0 Å². The van der Waals surface area contributed by atoms with E-state index in [1.54, 1.807) is 0 Å². The lowest BCUT2D eigenvalue weighted by Crippen LogP contribution is -2.55. The van der Waals surface area contributed by atoms with Crippen LogP contribution in [0.1, 0.15) is 0 Å². The zero-order chi connectivity index (χ0) is 15.9. The molecule has 0 saturated carbocycles. The van der Waals surface area contributed by atoms with Crippen molar-refractivity contribution in [2.45, 2.75) is 34.6 Å². The largest absolute Gasteiger partial charge is 0.394 e. The molecular formula is C12H14N6O3S. The van der Waals surface area contributed by atoms with Gasteiger partial charge in [0.2, 0.25) is 0 Å². The van der Waals surface area contributed by atoms with Crippen molar-refractivity contribution < 1.29 is 14.9 Å². The maximum Gasteiger partial charge on any atom is 0.117 e. The van der Waals surface area contributed by atoms with Gasteiger partial charge in [-0.1, -0.05) is 40.2 Å². The molecule has 0 amide bonds. The Balaban J connectivity index is 2.31. The lowest BCUT2D eigenvalue weighted by atomic mass is 9.97. The van der Waals surface area contributed by atoms with Crippen molar-refractivity contribution in [3.63, 3.8) is 0 Å². The number of benzene rings is 1. The number of azide groups is 2. The van der Waals surface area contributed by atoms with Crippen molar-refractivity contribution in [2.24, 2.45) is 10.2 Å². The third-order valence-electron chi connectivity index (χ3n) is 3.21. The van der Waals surface area contributed by atoms with Crippen LogP contribution in [0.15, 0.2) is 45.5 Å². The molecule has 0 radical (unpaired) electrons. The van der Waals surface area contributed by atoms with Gasteiger partial charge in [0, 0.05) is 14.7 Å². The predicted octanol–water partition coefficient (Wildman–Crippen LogP) is 2.21. The van der Waals surface area contributed by atoms with Gasteiger partial charge < -0.3 is 14.9 Å². The lowest BCUT2D eigenvalue weighted by molar-refractivity contribution is -0.122.